The maximum Gasteiger partial charge on any atom is 0.343 e. The van der Waals surface area contributed by atoms with Gasteiger partial charge in [0.2, 0.25) is 6.79 Å². The summed E-state index contributed by atoms with van der Waals surface area (Å²) in [7, 11) is 1.54. The molecule has 4 aromatic rings. The van der Waals surface area contributed by atoms with Gasteiger partial charge in [-0.25, -0.2) is 10.2 Å². The molecule has 0 spiro atoms. The highest BCUT2D eigenvalue weighted by atomic mass is 16.7. The molecule has 40 heavy (non-hydrogen) atoms. The van der Waals surface area contributed by atoms with Gasteiger partial charge in [0.15, 0.2) is 11.5 Å². The molecule has 1 heterocycles. The van der Waals surface area contributed by atoms with Crippen LogP contribution < -0.4 is 29.7 Å². The minimum atomic E-state index is -0.549. The smallest absolute Gasteiger partial charge is 0.343 e. The van der Waals surface area contributed by atoms with Gasteiger partial charge in [0.05, 0.1) is 18.9 Å². The molecular weight excluding hydrogens is 514 g/mol. The highest BCUT2D eigenvalue weighted by molar-refractivity contribution is 6.05. The van der Waals surface area contributed by atoms with Crippen LogP contribution in [0.3, 0.4) is 0 Å². The van der Waals surface area contributed by atoms with E-state index in [9.17, 15) is 14.4 Å². The Morgan fingerprint density at radius 2 is 1.55 bits per heavy atom. The van der Waals surface area contributed by atoms with Crippen LogP contribution in [-0.4, -0.2) is 37.9 Å². The van der Waals surface area contributed by atoms with Crippen molar-refractivity contribution in [2.75, 3.05) is 19.2 Å². The lowest BCUT2D eigenvalue weighted by molar-refractivity contribution is 0.0733. The number of para-hydroxylation sites is 1. The summed E-state index contributed by atoms with van der Waals surface area (Å²) in [4.78, 5) is 37.9. The summed E-state index contributed by atoms with van der Waals surface area (Å²) in [5.41, 5.74) is 4.37. The molecule has 2 amide bonds. The zero-order valence-electron chi connectivity index (χ0n) is 21.2. The third-order valence-electron chi connectivity index (χ3n) is 5.83. The fraction of sp³-hybridized carbons (Fsp3) is 0.0667. The molecule has 0 saturated heterocycles. The van der Waals surface area contributed by atoms with Gasteiger partial charge in [0.1, 0.15) is 11.5 Å². The summed E-state index contributed by atoms with van der Waals surface area (Å²) >= 11 is 0. The Morgan fingerprint density at radius 1 is 0.800 bits per heavy atom. The molecule has 0 aromatic heterocycles. The Labute approximate surface area is 229 Å². The van der Waals surface area contributed by atoms with Crippen LogP contribution in [-0.2, 0) is 0 Å². The number of nitrogens with one attached hydrogen (secondary N) is 2. The molecule has 0 bridgehead atoms. The largest absolute Gasteiger partial charge is 0.497 e. The second-order valence-electron chi connectivity index (χ2n) is 8.46. The number of carbonyl (C=O) groups is 3. The molecule has 0 atom stereocenters. The first-order valence-corrected chi connectivity index (χ1v) is 12.1. The zero-order valence-corrected chi connectivity index (χ0v) is 21.2. The molecule has 0 saturated carbocycles. The van der Waals surface area contributed by atoms with Gasteiger partial charge >= 0.3 is 5.97 Å². The second-order valence-corrected chi connectivity index (χ2v) is 8.46. The highest BCUT2D eigenvalue weighted by Crippen LogP contribution is 2.32. The average molecular weight is 538 g/mol. The zero-order chi connectivity index (χ0) is 27.9. The van der Waals surface area contributed by atoms with Crippen molar-refractivity contribution in [1.29, 1.82) is 0 Å². The minimum Gasteiger partial charge on any atom is -0.497 e. The van der Waals surface area contributed by atoms with Crippen LogP contribution in [0.15, 0.2) is 96.1 Å². The molecule has 0 fully saturated rings. The van der Waals surface area contributed by atoms with Crippen molar-refractivity contribution in [3.63, 3.8) is 0 Å². The van der Waals surface area contributed by atoms with Crippen LogP contribution in [0.5, 0.6) is 23.0 Å². The molecular formula is C30H23N3O7. The maximum absolute atomic E-state index is 12.7. The number of fused-ring (bicyclic) bond motifs is 1. The summed E-state index contributed by atoms with van der Waals surface area (Å²) in [5.74, 6) is 0.557. The van der Waals surface area contributed by atoms with E-state index in [1.54, 1.807) is 92.0 Å². The standard InChI is InChI=1S/C30H23N3O7/c1-37-24-12-9-19(10-13-24)30(36)40-25-8-3-2-5-22(25)17-31-33-29(35)20-6-4-7-23(15-20)32-28(34)21-11-14-26-27(16-21)39-18-38-26/h2-17H,18H2,1H3,(H,32,34)(H,33,35). The van der Waals surface area contributed by atoms with E-state index in [1.807, 2.05) is 0 Å². The summed E-state index contributed by atoms with van der Waals surface area (Å²) in [5, 5.41) is 6.77. The molecule has 10 heteroatoms. The predicted molar refractivity (Wildman–Crippen MR) is 146 cm³/mol. The number of nitrogens with zero attached hydrogens (tertiary/aromatic N) is 1. The van der Waals surface area contributed by atoms with Crippen LogP contribution in [0.2, 0.25) is 0 Å². The van der Waals surface area contributed by atoms with Gasteiger partial charge in [-0.2, -0.15) is 5.10 Å². The van der Waals surface area contributed by atoms with Gasteiger partial charge in [0, 0.05) is 22.4 Å². The number of anilines is 1. The lowest BCUT2D eigenvalue weighted by Gasteiger charge is -2.08. The molecule has 0 aliphatic carbocycles. The fourth-order valence-corrected chi connectivity index (χ4v) is 3.77. The van der Waals surface area contributed by atoms with Gasteiger partial charge in [-0.15, -0.1) is 0 Å². The van der Waals surface area contributed by atoms with Crippen molar-refractivity contribution in [3.05, 3.63) is 113 Å². The number of esters is 1. The van der Waals surface area contributed by atoms with Crippen molar-refractivity contribution < 1.29 is 33.3 Å². The quantitative estimate of drug-likeness (QED) is 0.145. The van der Waals surface area contributed by atoms with E-state index in [2.05, 4.69) is 15.8 Å². The van der Waals surface area contributed by atoms with Crippen molar-refractivity contribution in [2.24, 2.45) is 5.10 Å². The number of benzene rings is 4. The monoisotopic (exact) mass is 537 g/mol. The van der Waals surface area contributed by atoms with Crippen molar-refractivity contribution >= 4 is 29.7 Å². The van der Waals surface area contributed by atoms with E-state index in [4.69, 9.17) is 18.9 Å². The lowest BCUT2D eigenvalue weighted by atomic mass is 10.1. The molecule has 10 nitrogen and oxygen atoms in total. The summed E-state index contributed by atoms with van der Waals surface area (Å²) in [6, 6.07) is 24.6. The van der Waals surface area contributed by atoms with E-state index in [1.165, 1.54) is 12.3 Å². The van der Waals surface area contributed by atoms with E-state index in [-0.39, 0.29) is 24.0 Å². The van der Waals surface area contributed by atoms with Crippen LogP contribution >= 0.6 is 0 Å². The van der Waals surface area contributed by atoms with E-state index in [0.717, 1.165) is 0 Å². The summed E-state index contributed by atoms with van der Waals surface area (Å²) in [6.45, 7) is 0.112. The van der Waals surface area contributed by atoms with Gasteiger partial charge in [-0.1, -0.05) is 18.2 Å². The first kappa shape index (κ1) is 26.0. The predicted octanol–water partition coefficient (Wildman–Crippen LogP) is 4.66. The average Bonchev–Trinajstić information content (AvgIpc) is 3.46. The van der Waals surface area contributed by atoms with Crippen LogP contribution in [0.1, 0.15) is 36.6 Å². The Balaban J connectivity index is 1.21. The Hall–Kier alpha value is -5.64. The highest BCUT2D eigenvalue weighted by Gasteiger charge is 2.17. The van der Waals surface area contributed by atoms with E-state index >= 15 is 0 Å². The minimum absolute atomic E-state index is 0.112. The van der Waals surface area contributed by atoms with Crippen LogP contribution in [0.4, 0.5) is 5.69 Å². The van der Waals surface area contributed by atoms with Gasteiger partial charge in [0.25, 0.3) is 11.8 Å². The number of methoxy groups -OCH3 is 1. The lowest BCUT2D eigenvalue weighted by Crippen LogP contribution is -2.18. The molecule has 0 radical (unpaired) electrons. The number of hydrogen-bond donors (Lipinski definition) is 2. The maximum atomic E-state index is 12.7. The molecule has 200 valence electrons. The number of rotatable bonds is 8. The van der Waals surface area contributed by atoms with Crippen LogP contribution in [0.25, 0.3) is 0 Å². The number of amides is 2. The van der Waals surface area contributed by atoms with Crippen molar-refractivity contribution in [3.8, 4) is 23.0 Å². The topological polar surface area (TPSA) is 125 Å². The number of hydrazone groups is 1. The van der Waals surface area contributed by atoms with Gasteiger partial charge in [-0.3, -0.25) is 9.59 Å². The molecule has 5 rings (SSSR count). The first-order chi connectivity index (χ1) is 19.5. The molecule has 1 aliphatic rings. The first-order valence-electron chi connectivity index (χ1n) is 12.1. The van der Waals surface area contributed by atoms with E-state index < -0.39 is 11.9 Å². The van der Waals surface area contributed by atoms with Crippen molar-refractivity contribution in [1.82, 2.24) is 5.43 Å². The van der Waals surface area contributed by atoms with Crippen molar-refractivity contribution in [2.45, 2.75) is 0 Å². The normalized spacial score (nSPS) is 11.6. The number of hydrogen-bond acceptors (Lipinski definition) is 8. The summed E-state index contributed by atoms with van der Waals surface area (Å²) in [6.07, 6.45) is 1.37. The Bertz CT molecular complexity index is 1600. The Kier molecular flexibility index (Phi) is 7.68. The van der Waals surface area contributed by atoms with E-state index in [0.29, 0.717) is 39.6 Å². The number of ether oxygens (including phenoxy) is 4. The number of carbonyl (C=O) groups excluding carboxylic acids is 3. The second kappa shape index (κ2) is 11.8. The summed E-state index contributed by atoms with van der Waals surface area (Å²) < 4.78 is 21.2. The fourth-order valence-electron chi connectivity index (χ4n) is 3.77. The molecule has 0 unspecified atom stereocenters. The third kappa shape index (κ3) is 6.08. The molecule has 1 aliphatic heterocycles. The molecule has 4 aromatic carbocycles. The van der Waals surface area contributed by atoms with Crippen LogP contribution in [0, 0.1) is 0 Å². The molecule has 2 N–H and O–H groups in total. The SMILES string of the molecule is COc1ccc(C(=O)Oc2ccccc2C=NNC(=O)c2cccc(NC(=O)c3ccc4c(c3)OCO4)c2)cc1. The van der Waals surface area contributed by atoms with Gasteiger partial charge in [-0.05, 0) is 72.8 Å². The Morgan fingerprint density at radius 3 is 2.38 bits per heavy atom. The van der Waals surface area contributed by atoms with Gasteiger partial charge < -0.3 is 24.3 Å². The third-order valence-corrected chi connectivity index (χ3v) is 5.83.